The molecule has 1 amide bonds. The second-order valence-electron chi connectivity index (χ2n) is 4.88. The third-order valence-corrected chi connectivity index (χ3v) is 3.95. The molecule has 8 heteroatoms. The number of aromatic nitrogens is 1. The standard InChI is InChI=1S/C14H16ClN3O3S/c1-9-12(14(19)16-5-6-17-22(2,20)21)8-10-7-11(15)3-4-13(10)18-9/h3-4,7-8,17H,5-6H2,1-2H3,(H,16,19). The van der Waals surface area contributed by atoms with Crippen LogP contribution in [0.15, 0.2) is 24.3 Å². The molecule has 0 aliphatic carbocycles. The molecule has 2 aromatic rings. The first-order chi connectivity index (χ1) is 10.3. The van der Waals surface area contributed by atoms with Crippen molar-refractivity contribution in [2.24, 2.45) is 0 Å². The monoisotopic (exact) mass is 341 g/mol. The summed E-state index contributed by atoms with van der Waals surface area (Å²) in [7, 11) is -3.26. The summed E-state index contributed by atoms with van der Waals surface area (Å²) in [6.45, 7) is 2.08. The highest BCUT2D eigenvalue weighted by Gasteiger charge is 2.11. The molecule has 22 heavy (non-hydrogen) atoms. The van der Waals surface area contributed by atoms with E-state index in [1.165, 1.54) is 0 Å². The number of nitrogens with zero attached hydrogens (tertiary/aromatic N) is 1. The fraction of sp³-hybridized carbons (Fsp3) is 0.286. The van der Waals surface area contributed by atoms with Crippen LogP contribution in [-0.4, -0.2) is 38.7 Å². The average molecular weight is 342 g/mol. The van der Waals surface area contributed by atoms with Crippen molar-refractivity contribution in [3.05, 3.63) is 40.5 Å². The number of sulfonamides is 1. The lowest BCUT2D eigenvalue weighted by Gasteiger charge is -2.09. The third kappa shape index (κ3) is 4.40. The Morgan fingerprint density at radius 3 is 2.68 bits per heavy atom. The number of aryl methyl sites for hydroxylation is 1. The molecule has 0 saturated carbocycles. The topological polar surface area (TPSA) is 88.2 Å². The van der Waals surface area contributed by atoms with Crippen molar-refractivity contribution in [1.29, 1.82) is 0 Å². The zero-order chi connectivity index (χ0) is 16.3. The van der Waals surface area contributed by atoms with Gasteiger partial charge in [-0.3, -0.25) is 9.78 Å². The van der Waals surface area contributed by atoms with Gasteiger partial charge in [0.25, 0.3) is 5.91 Å². The van der Waals surface area contributed by atoms with E-state index in [2.05, 4.69) is 15.0 Å². The van der Waals surface area contributed by atoms with E-state index >= 15 is 0 Å². The van der Waals surface area contributed by atoms with E-state index in [1.54, 1.807) is 31.2 Å². The van der Waals surface area contributed by atoms with Gasteiger partial charge in [0, 0.05) is 23.5 Å². The van der Waals surface area contributed by atoms with E-state index < -0.39 is 10.0 Å². The number of halogens is 1. The Kier molecular flexibility index (Phi) is 5.00. The zero-order valence-electron chi connectivity index (χ0n) is 12.2. The van der Waals surface area contributed by atoms with E-state index in [9.17, 15) is 13.2 Å². The number of hydrogen-bond acceptors (Lipinski definition) is 4. The maximum absolute atomic E-state index is 12.2. The minimum atomic E-state index is -3.26. The van der Waals surface area contributed by atoms with Crippen LogP contribution in [0.2, 0.25) is 5.02 Å². The van der Waals surface area contributed by atoms with Crippen molar-refractivity contribution in [2.45, 2.75) is 6.92 Å². The van der Waals surface area contributed by atoms with Gasteiger partial charge in [-0.1, -0.05) is 11.6 Å². The molecular formula is C14H16ClN3O3S. The quantitative estimate of drug-likeness (QED) is 0.806. The van der Waals surface area contributed by atoms with Crippen LogP contribution in [0.4, 0.5) is 0 Å². The van der Waals surface area contributed by atoms with E-state index in [-0.39, 0.29) is 19.0 Å². The van der Waals surface area contributed by atoms with Crippen LogP contribution in [0.25, 0.3) is 10.9 Å². The van der Waals surface area contributed by atoms with Crippen LogP contribution >= 0.6 is 11.6 Å². The first-order valence-electron chi connectivity index (χ1n) is 6.56. The lowest BCUT2D eigenvalue weighted by Crippen LogP contribution is -2.34. The summed E-state index contributed by atoms with van der Waals surface area (Å²) in [6, 6.07) is 7.00. The normalized spacial score (nSPS) is 11.6. The summed E-state index contributed by atoms with van der Waals surface area (Å²) < 4.78 is 24.2. The zero-order valence-corrected chi connectivity index (χ0v) is 13.8. The summed E-state index contributed by atoms with van der Waals surface area (Å²) in [5, 5.41) is 4.00. The van der Waals surface area contributed by atoms with Gasteiger partial charge in [0.2, 0.25) is 10.0 Å². The van der Waals surface area contributed by atoms with Gasteiger partial charge in [0.15, 0.2) is 0 Å². The molecule has 0 radical (unpaired) electrons. The van der Waals surface area contributed by atoms with Gasteiger partial charge in [-0.05, 0) is 31.2 Å². The summed E-state index contributed by atoms with van der Waals surface area (Å²) >= 11 is 5.94. The van der Waals surface area contributed by atoms with E-state index in [0.717, 1.165) is 17.2 Å². The molecule has 1 aromatic heterocycles. The van der Waals surface area contributed by atoms with Gasteiger partial charge >= 0.3 is 0 Å². The maximum atomic E-state index is 12.2. The Morgan fingerprint density at radius 1 is 1.27 bits per heavy atom. The predicted octanol–water partition coefficient (Wildman–Crippen LogP) is 1.48. The molecule has 6 nitrogen and oxygen atoms in total. The maximum Gasteiger partial charge on any atom is 0.253 e. The van der Waals surface area contributed by atoms with Crippen molar-refractivity contribution >= 4 is 38.4 Å². The summed E-state index contributed by atoms with van der Waals surface area (Å²) in [4.78, 5) is 16.5. The molecule has 2 N–H and O–H groups in total. The number of fused-ring (bicyclic) bond motifs is 1. The van der Waals surface area contributed by atoms with E-state index in [1.807, 2.05) is 0 Å². The summed E-state index contributed by atoms with van der Waals surface area (Å²) in [5.41, 5.74) is 1.80. The first-order valence-corrected chi connectivity index (χ1v) is 8.83. The third-order valence-electron chi connectivity index (χ3n) is 2.99. The van der Waals surface area contributed by atoms with Crippen molar-refractivity contribution in [3.63, 3.8) is 0 Å². The van der Waals surface area contributed by atoms with Gasteiger partial charge in [-0.25, -0.2) is 13.1 Å². The molecular weight excluding hydrogens is 326 g/mol. The van der Waals surface area contributed by atoms with Gasteiger partial charge < -0.3 is 5.32 Å². The molecule has 0 atom stereocenters. The molecule has 0 aliphatic rings. The fourth-order valence-corrected chi connectivity index (χ4v) is 2.63. The summed E-state index contributed by atoms with van der Waals surface area (Å²) in [5.74, 6) is -0.304. The van der Waals surface area contributed by atoms with Gasteiger partial charge in [0.1, 0.15) is 0 Å². The molecule has 0 saturated heterocycles. The number of benzene rings is 1. The number of pyridine rings is 1. The van der Waals surface area contributed by atoms with Gasteiger partial charge in [-0.15, -0.1) is 0 Å². The SMILES string of the molecule is Cc1nc2ccc(Cl)cc2cc1C(=O)NCCNS(C)(=O)=O. The van der Waals surface area contributed by atoms with Crippen LogP contribution in [0, 0.1) is 6.92 Å². The number of carbonyl (C=O) groups excluding carboxylic acids is 1. The van der Waals surface area contributed by atoms with E-state index in [4.69, 9.17) is 11.6 Å². The minimum absolute atomic E-state index is 0.135. The Morgan fingerprint density at radius 2 is 2.00 bits per heavy atom. The van der Waals surface area contributed by atoms with Gasteiger partial charge in [0.05, 0.1) is 23.0 Å². The highest BCUT2D eigenvalue weighted by Crippen LogP contribution is 2.20. The fourth-order valence-electron chi connectivity index (χ4n) is 1.98. The molecule has 118 valence electrons. The largest absolute Gasteiger partial charge is 0.351 e. The summed E-state index contributed by atoms with van der Waals surface area (Å²) in [6.07, 6.45) is 1.07. The molecule has 0 spiro atoms. The van der Waals surface area contributed by atoms with Crippen molar-refractivity contribution < 1.29 is 13.2 Å². The van der Waals surface area contributed by atoms with Gasteiger partial charge in [-0.2, -0.15) is 0 Å². The lowest BCUT2D eigenvalue weighted by atomic mass is 10.1. The number of carbonyl (C=O) groups is 1. The Labute approximate surface area is 133 Å². The second kappa shape index (κ2) is 6.60. The highest BCUT2D eigenvalue weighted by atomic mass is 35.5. The molecule has 0 unspecified atom stereocenters. The van der Waals surface area contributed by atoms with Crippen LogP contribution in [0.5, 0.6) is 0 Å². The number of nitrogens with one attached hydrogen (secondary N) is 2. The molecule has 2 rings (SSSR count). The van der Waals surface area contributed by atoms with E-state index in [0.29, 0.717) is 16.3 Å². The highest BCUT2D eigenvalue weighted by molar-refractivity contribution is 7.88. The Balaban J connectivity index is 2.12. The molecule has 0 aliphatic heterocycles. The Hall–Kier alpha value is -1.70. The molecule has 1 aromatic carbocycles. The van der Waals surface area contributed by atoms with Crippen LogP contribution in [-0.2, 0) is 10.0 Å². The van der Waals surface area contributed by atoms with Crippen LogP contribution < -0.4 is 10.0 Å². The molecule has 0 bridgehead atoms. The van der Waals surface area contributed by atoms with Crippen molar-refractivity contribution in [1.82, 2.24) is 15.0 Å². The van der Waals surface area contributed by atoms with Crippen molar-refractivity contribution in [3.8, 4) is 0 Å². The lowest BCUT2D eigenvalue weighted by molar-refractivity contribution is 0.0953. The smallest absolute Gasteiger partial charge is 0.253 e. The van der Waals surface area contributed by atoms with Crippen molar-refractivity contribution in [2.75, 3.05) is 19.3 Å². The molecule has 0 fully saturated rings. The molecule has 1 heterocycles. The Bertz CT molecular complexity index is 821. The predicted molar refractivity (Wildman–Crippen MR) is 86.7 cm³/mol. The minimum Gasteiger partial charge on any atom is -0.351 e. The second-order valence-corrected chi connectivity index (χ2v) is 7.15. The first kappa shape index (κ1) is 16.7. The van der Waals surface area contributed by atoms with Crippen LogP contribution in [0.1, 0.15) is 16.1 Å². The number of amides is 1. The average Bonchev–Trinajstić information content (AvgIpc) is 2.42. The van der Waals surface area contributed by atoms with Crippen LogP contribution in [0.3, 0.4) is 0 Å². The number of hydrogen-bond donors (Lipinski definition) is 2. The number of rotatable bonds is 5.